The molecular weight excluding hydrogens is 728 g/mol. The summed E-state index contributed by atoms with van der Waals surface area (Å²) in [6.45, 7) is 8.47. The van der Waals surface area contributed by atoms with Crippen LogP contribution in [-0.2, 0) is 34.6 Å². The summed E-state index contributed by atoms with van der Waals surface area (Å²) in [5.74, 6) is -2.77. The fourth-order valence-corrected chi connectivity index (χ4v) is 5.64. The maximum absolute atomic E-state index is 13.7. The largest absolute Gasteiger partial charge is 4.00 e. The zero-order valence-electron chi connectivity index (χ0n) is 32.7. The number of hydrogen-bond donors (Lipinski definition) is 2. The molecular formula is C48H54F4N2Ti. The van der Waals surface area contributed by atoms with Gasteiger partial charge in [-0.25, -0.2) is 41.9 Å². The molecule has 2 N–H and O–H groups in total. The molecule has 0 aromatic heterocycles. The monoisotopic (exact) mass is 782 g/mol. The number of nitrogens with one attached hydrogen (secondary N) is 2. The van der Waals surface area contributed by atoms with Gasteiger partial charge in [0, 0.05) is 34.6 Å². The Balaban J connectivity index is 0.000000298. The first-order chi connectivity index (χ1) is 26.2. The number of aryl methyl sites for hydroxylation is 4. The maximum Gasteiger partial charge on any atom is 4.00 e. The summed E-state index contributed by atoms with van der Waals surface area (Å²) in [5, 5.41) is 6.13. The predicted molar refractivity (Wildman–Crippen MR) is 218 cm³/mol. The quantitative estimate of drug-likeness (QED) is 0.0576. The molecule has 7 heteroatoms. The molecule has 288 valence electrons. The molecule has 55 heavy (non-hydrogen) atoms. The smallest absolute Gasteiger partial charge is 0.406 e. The molecule has 0 spiro atoms. The van der Waals surface area contributed by atoms with Crippen LogP contribution in [0.25, 0.3) is 0 Å². The molecule has 2 aliphatic carbocycles. The second-order valence-corrected chi connectivity index (χ2v) is 13.3. The van der Waals surface area contributed by atoms with Gasteiger partial charge in [0.1, 0.15) is 0 Å². The van der Waals surface area contributed by atoms with E-state index in [9.17, 15) is 17.6 Å². The van der Waals surface area contributed by atoms with Crippen LogP contribution in [0.1, 0.15) is 100 Å². The molecule has 0 unspecified atom stereocenters. The fourth-order valence-electron chi connectivity index (χ4n) is 5.64. The zero-order chi connectivity index (χ0) is 39.0. The molecule has 0 atom stereocenters. The fraction of sp³-hybridized carbons (Fsp3) is 0.333. The van der Waals surface area contributed by atoms with Crippen LogP contribution < -0.4 is 10.6 Å². The van der Waals surface area contributed by atoms with Crippen molar-refractivity contribution in [2.45, 2.75) is 105 Å². The Hall–Kier alpha value is -4.13. The number of allylic oxidation sites excluding steroid dienone is 8. The second kappa shape index (κ2) is 27.5. The molecule has 4 aromatic rings. The summed E-state index contributed by atoms with van der Waals surface area (Å²) in [5.41, 5.74) is 6.95. The summed E-state index contributed by atoms with van der Waals surface area (Å²) < 4.78 is 53.4. The molecule has 6 rings (SSSR count). The van der Waals surface area contributed by atoms with Gasteiger partial charge in [-0.05, 0) is 74.2 Å². The van der Waals surface area contributed by atoms with Crippen molar-refractivity contribution in [3.63, 3.8) is 0 Å². The molecule has 0 saturated heterocycles. The van der Waals surface area contributed by atoms with Gasteiger partial charge in [0.2, 0.25) is 0 Å². The standard InChI is InChI=1S/2C19H22F2N.2C5H5.Ti/c2*1-3-4-5-6-7-15-12-14(2)8-10-18(15)22-19-11-9-16(20)13-17(19)21;2*1-2-4-5-3-1;/h2*8-12,22H,3-7H2,1-2H3;2*1-3H,4H2;/q4*-1;+4. The van der Waals surface area contributed by atoms with Crippen molar-refractivity contribution in [3.05, 3.63) is 167 Å². The molecule has 2 nitrogen and oxygen atoms in total. The van der Waals surface area contributed by atoms with Crippen molar-refractivity contribution in [2.24, 2.45) is 0 Å². The van der Waals surface area contributed by atoms with Crippen molar-refractivity contribution >= 4 is 22.7 Å². The average Bonchev–Trinajstić information content (AvgIpc) is 3.94. The van der Waals surface area contributed by atoms with Crippen LogP contribution in [0.2, 0.25) is 0 Å². The number of unbranched alkanes of at least 4 members (excludes halogenated alkanes) is 6. The zero-order valence-corrected chi connectivity index (χ0v) is 34.3. The van der Waals surface area contributed by atoms with Gasteiger partial charge in [-0.15, -0.1) is 49.2 Å². The number of hydrogen-bond acceptors (Lipinski definition) is 2. The SMILES string of the molecule is CCCCCCc1cc(C)ccc1Nc1ccc(F)[c-]c1F.CCCCCCc1cc(C)ccc1Nc1ccc(F)[c-]c1F.[C-]1=CC=CC1.[C-]1=CC=CC1.[Ti+4]. The molecule has 0 amide bonds. The maximum atomic E-state index is 13.7. The van der Waals surface area contributed by atoms with Crippen molar-refractivity contribution in [1.29, 1.82) is 0 Å². The number of benzene rings is 4. The molecule has 0 bridgehead atoms. The van der Waals surface area contributed by atoms with E-state index in [-0.39, 0.29) is 33.1 Å². The van der Waals surface area contributed by atoms with Gasteiger partial charge < -0.3 is 10.6 Å². The Morgan fingerprint density at radius 2 is 0.927 bits per heavy atom. The Morgan fingerprint density at radius 3 is 1.24 bits per heavy atom. The Bertz CT molecular complexity index is 1680. The third-order valence-corrected chi connectivity index (χ3v) is 8.56. The van der Waals surface area contributed by atoms with Crippen LogP contribution in [0.3, 0.4) is 0 Å². The number of anilines is 4. The van der Waals surface area contributed by atoms with Gasteiger partial charge in [0.05, 0.1) is 0 Å². The molecule has 0 fully saturated rings. The van der Waals surface area contributed by atoms with Crippen molar-refractivity contribution < 1.29 is 39.3 Å². The minimum atomic E-state index is -0.697. The predicted octanol–water partition coefficient (Wildman–Crippen LogP) is 14.5. The van der Waals surface area contributed by atoms with E-state index in [0.29, 0.717) is 0 Å². The van der Waals surface area contributed by atoms with Gasteiger partial charge in [0.15, 0.2) is 0 Å². The molecule has 2 aliphatic rings. The Labute approximate surface area is 342 Å². The summed E-state index contributed by atoms with van der Waals surface area (Å²) >= 11 is 0. The summed E-state index contributed by atoms with van der Waals surface area (Å²) in [6, 6.07) is 21.5. The van der Waals surface area contributed by atoms with Gasteiger partial charge in [-0.1, -0.05) is 87.8 Å². The second-order valence-electron chi connectivity index (χ2n) is 13.3. The Kier molecular flexibility index (Phi) is 23.5. The minimum absolute atomic E-state index is 0. The molecule has 0 radical (unpaired) electrons. The van der Waals surface area contributed by atoms with Crippen LogP contribution in [0.5, 0.6) is 0 Å². The molecule has 4 aromatic carbocycles. The first-order valence-corrected chi connectivity index (χ1v) is 19.1. The van der Waals surface area contributed by atoms with Crippen molar-refractivity contribution in [3.8, 4) is 0 Å². The third-order valence-electron chi connectivity index (χ3n) is 8.56. The first kappa shape index (κ1) is 47.0. The van der Waals surface area contributed by atoms with Gasteiger partial charge in [-0.3, -0.25) is 12.2 Å². The van der Waals surface area contributed by atoms with E-state index < -0.39 is 23.3 Å². The first-order valence-electron chi connectivity index (χ1n) is 19.1. The summed E-state index contributed by atoms with van der Waals surface area (Å²) in [7, 11) is 0. The van der Waals surface area contributed by atoms with Crippen molar-refractivity contribution in [2.75, 3.05) is 10.6 Å². The van der Waals surface area contributed by atoms with Gasteiger partial charge in [0.25, 0.3) is 0 Å². The number of halogens is 4. The molecule has 0 aliphatic heterocycles. The van der Waals surface area contributed by atoms with Crippen LogP contribution in [-0.4, -0.2) is 0 Å². The van der Waals surface area contributed by atoms with Crippen molar-refractivity contribution in [1.82, 2.24) is 0 Å². The van der Waals surface area contributed by atoms with E-state index >= 15 is 0 Å². The van der Waals surface area contributed by atoms with Crippen LogP contribution in [0.15, 0.2) is 97.1 Å². The van der Waals surface area contributed by atoms with Crippen LogP contribution >= 0.6 is 0 Å². The van der Waals surface area contributed by atoms with E-state index in [2.05, 4.69) is 73.1 Å². The van der Waals surface area contributed by atoms with Gasteiger partial charge >= 0.3 is 21.7 Å². The van der Waals surface area contributed by atoms with Crippen LogP contribution in [0.4, 0.5) is 40.3 Å². The van der Waals surface area contributed by atoms with E-state index in [0.717, 1.165) is 49.9 Å². The van der Waals surface area contributed by atoms with Crippen LogP contribution in [0, 0.1) is 61.4 Å². The van der Waals surface area contributed by atoms with E-state index in [4.69, 9.17) is 0 Å². The topological polar surface area (TPSA) is 24.1 Å². The molecule has 0 heterocycles. The number of rotatable bonds is 14. The summed E-state index contributed by atoms with van der Waals surface area (Å²) in [6.07, 6.45) is 31.4. The average molecular weight is 783 g/mol. The summed E-state index contributed by atoms with van der Waals surface area (Å²) in [4.78, 5) is 0. The minimum Gasteiger partial charge on any atom is -0.406 e. The van der Waals surface area contributed by atoms with E-state index in [1.54, 1.807) is 0 Å². The normalized spacial score (nSPS) is 11.8. The van der Waals surface area contributed by atoms with E-state index in [1.165, 1.54) is 85.0 Å². The molecule has 0 saturated carbocycles. The third kappa shape index (κ3) is 18.8. The Morgan fingerprint density at radius 1 is 0.527 bits per heavy atom. The van der Waals surface area contributed by atoms with Gasteiger partial charge in [-0.2, -0.15) is 12.2 Å². The van der Waals surface area contributed by atoms with E-state index in [1.807, 2.05) is 62.4 Å².